The Bertz CT molecular complexity index is 244. The van der Waals surface area contributed by atoms with Gasteiger partial charge in [-0.15, -0.1) is 0 Å². The van der Waals surface area contributed by atoms with Crippen LogP contribution >= 0.6 is 11.5 Å². The van der Waals surface area contributed by atoms with E-state index >= 15 is 0 Å². The van der Waals surface area contributed by atoms with Gasteiger partial charge in [-0.2, -0.15) is 4.37 Å². The molecule has 4 heteroatoms. The van der Waals surface area contributed by atoms with E-state index in [4.69, 9.17) is 4.74 Å². The molecule has 0 aliphatic heterocycles. The van der Waals surface area contributed by atoms with E-state index in [9.17, 15) is 4.79 Å². The Morgan fingerprint density at radius 1 is 1.80 bits per heavy atom. The van der Waals surface area contributed by atoms with Gasteiger partial charge in [0.1, 0.15) is 0 Å². The molecule has 0 fully saturated rings. The minimum absolute atomic E-state index is 0.00870. The number of hydrogen-bond donors (Lipinski definition) is 0. The van der Waals surface area contributed by atoms with Crippen LogP contribution in [0.25, 0.3) is 0 Å². The van der Waals surface area contributed by atoms with Crippen LogP contribution < -0.4 is 4.74 Å². The summed E-state index contributed by atoms with van der Waals surface area (Å²) in [4.78, 5) is 10.8. The fourth-order valence-electron chi connectivity index (χ4n) is 0.607. The van der Waals surface area contributed by atoms with Gasteiger partial charge in [-0.05, 0) is 18.5 Å². The third kappa shape index (κ3) is 1.16. The van der Waals surface area contributed by atoms with Gasteiger partial charge >= 0.3 is 0 Å². The summed E-state index contributed by atoms with van der Waals surface area (Å²) in [5, 5.41) is 1.68. The molecule has 1 aromatic rings. The Morgan fingerprint density at radius 2 is 2.50 bits per heavy atom. The van der Waals surface area contributed by atoms with Crippen LogP contribution in [-0.2, 0) is 0 Å². The molecular weight excluding hydrogens is 150 g/mol. The number of nitrogens with zero attached hydrogens (tertiary/aromatic N) is 1. The molecular formula is C6H7NO2S. The normalized spacial score (nSPS) is 9.40. The minimum Gasteiger partial charge on any atom is -0.480 e. The number of ether oxygens (including phenoxy) is 1. The van der Waals surface area contributed by atoms with Crippen LogP contribution in [0.5, 0.6) is 5.88 Å². The summed E-state index contributed by atoms with van der Waals surface area (Å²) in [5.41, 5.74) is 0.563. The maximum atomic E-state index is 10.8. The molecule has 0 saturated heterocycles. The van der Waals surface area contributed by atoms with Crippen molar-refractivity contribution in [2.45, 2.75) is 6.92 Å². The Hall–Kier alpha value is -0.900. The molecule has 1 rings (SSSR count). The second kappa shape index (κ2) is 2.79. The van der Waals surface area contributed by atoms with Crippen molar-refractivity contribution in [1.29, 1.82) is 0 Å². The SMILES string of the molecule is COc1nscc1C(C)=O. The van der Waals surface area contributed by atoms with E-state index in [1.165, 1.54) is 25.6 Å². The molecule has 3 nitrogen and oxygen atoms in total. The number of carbonyl (C=O) groups excluding carboxylic acids is 1. The van der Waals surface area contributed by atoms with Gasteiger partial charge in [0.15, 0.2) is 5.78 Å². The molecule has 0 aromatic carbocycles. The van der Waals surface area contributed by atoms with Crippen molar-refractivity contribution < 1.29 is 9.53 Å². The van der Waals surface area contributed by atoms with E-state index in [0.717, 1.165) is 0 Å². The summed E-state index contributed by atoms with van der Waals surface area (Å²) >= 11 is 1.22. The molecule has 0 aliphatic rings. The zero-order valence-corrected chi connectivity index (χ0v) is 6.57. The first-order valence-corrected chi connectivity index (χ1v) is 3.58. The molecule has 0 unspecified atom stereocenters. The van der Waals surface area contributed by atoms with Gasteiger partial charge in [0, 0.05) is 5.38 Å². The Balaban J connectivity index is 3.01. The lowest BCUT2D eigenvalue weighted by Gasteiger charge is -1.93. The van der Waals surface area contributed by atoms with Crippen LogP contribution in [0, 0.1) is 0 Å². The van der Waals surface area contributed by atoms with Crippen molar-refractivity contribution in [2.24, 2.45) is 0 Å². The smallest absolute Gasteiger partial charge is 0.235 e. The van der Waals surface area contributed by atoms with E-state index in [2.05, 4.69) is 4.37 Å². The summed E-state index contributed by atoms with van der Waals surface area (Å²) in [6, 6.07) is 0. The van der Waals surface area contributed by atoms with Crippen molar-refractivity contribution in [3.63, 3.8) is 0 Å². The summed E-state index contributed by atoms with van der Waals surface area (Å²) < 4.78 is 8.68. The van der Waals surface area contributed by atoms with Crippen molar-refractivity contribution in [1.82, 2.24) is 4.37 Å². The molecule has 1 aromatic heterocycles. The largest absolute Gasteiger partial charge is 0.480 e. The first-order chi connectivity index (χ1) is 4.75. The highest BCUT2D eigenvalue weighted by atomic mass is 32.1. The minimum atomic E-state index is -0.00870. The molecule has 1 heterocycles. The Kier molecular flexibility index (Phi) is 2.01. The van der Waals surface area contributed by atoms with Crippen molar-refractivity contribution in [3.05, 3.63) is 10.9 Å². The number of aromatic nitrogens is 1. The van der Waals surface area contributed by atoms with Crippen LogP contribution in [0.3, 0.4) is 0 Å². The van der Waals surface area contributed by atoms with Crippen LogP contribution in [0.15, 0.2) is 5.38 Å². The Labute approximate surface area is 62.8 Å². The molecule has 0 saturated carbocycles. The zero-order chi connectivity index (χ0) is 7.56. The first kappa shape index (κ1) is 7.21. The highest BCUT2D eigenvalue weighted by Gasteiger charge is 2.08. The van der Waals surface area contributed by atoms with E-state index in [1.807, 2.05) is 0 Å². The number of methoxy groups -OCH3 is 1. The van der Waals surface area contributed by atoms with Crippen LogP contribution in [0.1, 0.15) is 17.3 Å². The molecule has 54 valence electrons. The summed E-state index contributed by atoms with van der Waals surface area (Å²) in [6.07, 6.45) is 0. The second-order valence-electron chi connectivity index (χ2n) is 1.79. The van der Waals surface area contributed by atoms with E-state index in [-0.39, 0.29) is 5.78 Å². The van der Waals surface area contributed by atoms with Crippen LogP contribution in [-0.4, -0.2) is 17.3 Å². The van der Waals surface area contributed by atoms with Gasteiger partial charge in [0.25, 0.3) is 0 Å². The summed E-state index contributed by atoms with van der Waals surface area (Å²) in [7, 11) is 1.50. The standard InChI is InChI=1S/C6H7NO2S/c1-4(8)5-3-10-7-6(5)9-2/h3H,1-2H3. The number of ketones is 1. The van der Waals surface area contributed by atoms with Crippen LogP contribution in [0.2, 0.25) is 0 Å². The van der Waals surface area contributed by atoms with E-state index in [1.54, 1.807) is 5.38 Å². The lowest BCUT2D eigenvalue weighted by Crippen LogP contribution is -1.93. The predicted molar refractivity (Wildman–Crippen MR) is 38.7 cm³/mol. The molecule has 0 spiro atoms. The van der Waals surface area contributed by atoms with Gasteiger partial charge in [-0.3, -0.25) is 4.79 Å². The first-order valence-electron chi connectivity index (χ1n) is 2.75. The highest BCUT2D eigenvalue weighted by molar-refractivity contribution is 7.04. The Morgan fingerprint density at radius 3 is 2.90 bits per heavy atom. The molecule has 0 bridgehead atoms. The summed E-state index contributed by atoms with van der Waals surface area (Å²) in [6.45, 7) is 1.49. The van der Waals surface area contributed by atoms with Crippen molar-refractivity contribution >= 4 is 17.3 Å². The van der Waals surface area contributed by atoms with Crippen molar-refractivity contribution in [2.75, 3.05) is 7.11 Å². The molecule has 0 N–H and O–H groups in total. The maximum absolute atomic E-state index is 10.8. The topological polar surface area (TPSA) is 39.2 Å². The number of carbonyl (C=O) groups is 1. The maximum Gasteiger partial charge on any atom is 0.235 e. The van der Waals surface area contributed by atoms with Gasteiger partial charge < -0.3 is 4.74 Å². The third-order valence-corrected chi connectivity index (χ3v) is 1.72. The lowest BCUT2D eigenvalue weighted by molar-refractivity contribution is 0.101. The zero-order valence-electron chi connectivity index (χ0n) is 5.75. The third-order valence-electron chi connectivity index (χ3n) is 1.11. The lowest BCUT2D eigenvalue weighted by atomic mass is 10.2. The fraction of sp³-hybridized carbons (Fsp3) is 0.333. The van der Waals surface area contributed by atoms with Crippen LogP contribution in [0.4, 0.5) is 0 Å². The van der Waals surface area contributed by atoms with Crippen molar-refractivity contribution in [3.8, 4) is 5.88 Å². The quantitative estimate of drug-likeness (QED) is 0.608. The van der Waals surface area contributed by atoms with Gasteiger partial charge in [0.05, 0.1) is 12.7 Å². The van der Waals surface area contributed by atoms with E-state index < -0.39 is 0 Å². The van der Waals surface area contributed by atoms with Gasteiger partial charge in [-0.25, -0.2) is 0 Å². The second-order valence-corrected chi connectivity index (χ2v) is 2.42. The number of hydrogen-bond acceptors (Lipinski definition) is 4. The highest BCUT2D eigenvalue weighted by Crippen LogP contribution is 2.18. The van der Waals surface area contributed by atoms with Gasteiger partial charge in [0.2, 0.25) is 5.88 Å². The molecule has 0 aliphatic carbocycles. The molecule has 0 amide bonds. The fourth-order valence-corrected chi connectivity index (χ4v) is 1.30. The van der Waals surface area contributed by atoms with E-state index in [0.29, 0.717) is 11.4 Å². The molecule has 0 atom stereocenters. The average Bonchev–Trinajstić information content (AvgIpc) is 2.33. The summed E-state index contributed by atoms with van der Waals surface area (Å²) in [5.74, 6) is 0.420. The predicted octanol–water partition coefficient (Wildman–Crippen LogP) is 1.35. The number of Topliss-reactive ketones (excluding diaryl/α,β-unsaturated/α-hetero) is 1. The van der Waals surface area contributed by atoms with Gasteiger partial charge in [-0.1, -0.05) is 0 Å². The average molecular weight is 157 g/mol. The molecule has 10 heavy (non-hydrogen) atoms. The number of rotatable bonds is 2. The monoisotopic (exact) mass is 157 g/mol. The molecule has 0 radical (unpaired) electrons.